The molecule has 5 heteroatoms. The SMILES string of the molecule is COC(=O)COc1ccccc1C=CCSC(C)=O. The molecule has 0 fully saturated rings. The van der Waals surface area contributed by atoms with Crippen molar-refractivity contribution in [1.29, 1.82) is 0 Å². The van der Waals surface area contributed by atoms with E-state index in [0.717, 1.165) is 5.56 Å². The highest BCUT2D eigenvalue weighted by Gasteiger charge is 2.04. The van der Waals surface area contributed by atoms with Crippen LogP contribution in [0.15, 0.2) is 30.3 Å². The standard InChI is InChI=1S/C14H16O4S/c1-11(15)19-9-5-7-12-6-3-4-8-13(12)18-10-14(16)17-2/h3-8H,9-10H2,1-2H3. The molecule has 0 aliphatic rings. The van der Waals surface area contributed by atoms with Crippen molar-refractivity contribution in [1.82, 2.24) is 0 Å². The number of thioether (sulfide) groups is 1. The van der Waals surface area contributed by atoms with E-state index in [4.69, 9.17) is 4.74 Å². The Bertz CT molecular complexity index is 468. The Morgan fingerprint density at radius 2 is 2.05 bits per heavy atom. The van der Waals surface area contributed by atoms with Crippen molar-refractivity contribution in [2.45, 2.75) is 6.92 Å². The number of esters is 1. The predicted molar refractivity (Wildman–Crippen MR) is 76.1 cm³/mol. The Hall–Kier alpha value is -1.75. The van der Waals surface area contributed by atoms with Crippen LogP contribution >= 0.6 is 11.8 Å². The van der Waals surface area contributed by atoms with Gasteiger partial charge in [-0.2, -0.15) is 0 Å². The van der Waals surface area contributed by atoms with E-state index in [9.17, 15) is 9.59 Å². The number of methoxy groups -OCH3 is 1. The molecule has 0 aliphatic carbocycles. The molecular formula is C14H16O4S. The van der Waals surface area contributed by atoms with Crippen molar-refractivity contribution in [3.63, 3.8) is 0 Å². The lowest BCUT2D eigenvalue weighted by Gasteiger charge is -2.07. The zero-order valence-electron chi connectivity index (χ0n) is 10.9. The number of hydrogen-bond acceptors (Lipinski definition) is 5. The third-order valence-electron chi connectivity index (χ3n) is 2.17. The summed E-state index contributed by atoms with van der Waals surface area (Å²) in [5.41, 5.74) is 0.857. The lowest BCUT2D eigenvalue weighted by Crippen LogP contribution is -2.12. The van der Waals surface area contributed by atoms with Crippen LogP contribution in [0.5, 0.6) is 5.75 Å². The van der Waals surface area contributed by atoms with E-state index in [1.54, 1.807) is 6.07 Å². The van der Waals surface area contributed by atoms with E-state index in [0.29, 0.717) is 11.5 Å². The van der Waals surface area contributed by atoms with Gasteiger partial charge >= 0.3 is 5.97 Å². The number of benzene rings is 1. The van der Waals surface area contributed by atoms with Crippen LogP contribution in [-0.4, -0.2) is 30.6 Å². The zero-order chi connectivity index (χ0) is 14.1. The van der Waals surface area contributed by atoms with Gasteiger partial charge in [0.1, 0.15) is 5.75 Å². The Kier molecular flexibility index (Phi) is 6.74. The van der Waals surface area contributed by atoms with Gasteiger partial charge in [0.2, 0.25) is 0 Å². The molecule has 0 spiro atoms. The lowest BCUT2D eigenvalue weighted by atomic mass is 10.2. The topological polar surface area (TPSA) is 52.6 Å². The van der Waals surface area contributed by atoms with Crippen LogP contribution in [0.25, 0.3) is 6.08 Å². The number of carbonyl (C=O) groups excluding carboxylic acids is 2. The summed E-state index contributed by atoms with van der Waals surface area (Å²) in [4.78, 5) is 21.8. The largest absolute Gasteiger partial charge is 0.481 e. The van der Waals surface area contributed by atoms with Crippen LogP contribution in [0, 0.1) is 0 Å². The molecule has 0 saturated heterocycles. The first-order chi connectivity index (χ1) is 9.13. The summed E-state index contributed by atoms with van der Waals surface area (Å²) in [5, 5.41) is 0.0832. The molecule has 19 heavy (non-hydrogen) atoms. The highest BCUT2D eigenvalue weighted by molar-refractivity contribution is 8.13. The summed E-state index contributed by atoms with van der Waals surface area (Å²) in [7, 11) is 1.32. The van der Waals surface area contributed by atoms with Crippen molar-refractivity contribution < 1.29 is 19.1 Å². The van der Waals surface area contributed by atoms with Crippen LogP contribution in [0.3, 0.4) is 0 Å². The average Bonchev–Trinajstić information content (AvgIpc) is 2.41. The van der Waals surface area contributed by atoms with E-state index < -0.39 is 5.97 Å². The van der Waals surface area contributed by atoms with Gasteiger partial charge in [0, 0.05) is 18.2 Å². The van der Waals surface area contributed by atoms with E-state index in [1.165, 1.54) is 25.8 Å². The predicted octanol–water partition coefficient (Wildman–Crippen LogP) is 2.53. The maximum absolute atomic E-state index is 11.0. The van der Waals surface area contributed by atoms with Crippen molar-refractivity contribution in [3.05, 3.63) is 35.9 Å². The Balaban J connectivity index is 2.62. The summed E-state index contributed by atoms with van der Waals surface area (Å²) in [6.07, 6.45) is 3.74. The van der Waals surface area contributed by atoms with Crippen molar-refractivity contribution >= 4 is 28.9 Å². The second-order valence-electron chi connectivity index (χ2n) is 3.61. The Morgan fingerprint density at radius 3 is 2.74 bits per heavy atom. The minimum Gasteiger partial charge on any atom is -0.481 e. The third kappa shape index (κ3) is 6.10. The van der Waals surface area contributed by atoms with Gasteiger partial charge in [-0.3, -0.25) is 4.79 Å². The van der Waals surface area contributed by atoms with Gasteiger partial charge in [0.25, 0.3) is 0 Å². The Labute approximate surface area is 116 Å². The van der Waals surface area contributed by atoms with Gasteiger partial charge in [-0.25, -0.2) is 4.79 Å². The maximum atomic E-state index is 11.0. The minimum absolute atomic E-state index is 0.0832. The molecule has 0 aromatic heterocycles. The fraction of sp³-hybridized carbons (Fsp3) is 0.286. The monoisotopic (exact) mass is 280 g/mol. The third-order valence-corrected chi connectivity index (χ3v) is 2.94. The van der Waals surface area contributed by atoms with Gasteiger partial charge in [-0.1, -0.05) is 42.1 Å². The molecule has 1 aromatic carbocycles. The summed E-state index contributed by atoms with van der Waals surface area (Å²) < 4.78 is 9.88. The number of ether oxygens (including phenoxy) is 2. The summed E-state index contributed by atoms with van der Waals surface area (Å²) in [6, 6.07) is 7.36. The molecular weight excluding hydrogens is 264 g/mol. The van der Waals surface area contributed by atoms with Crippen LogP contribution in [0.1, 0.15) is 12.5 Å². The first kappa shape index (κ1) is 15.3. The number of para-hydroxylation sites is 1. The van der Waals surface area contributed by atoms with Gasteiger partial charge in [0.05, 0.1) is 7.11 Å². The quantitative estimate of drug-likeness (QED) is 0.749. The number of carbonyl (C=O) groups is 2. The fourth-order valence-corrected chi connectivity index (χ4v) is 1.71. The normalized spacial score (nSPS) is 10.4. The molecule has 0 amide bonds. The maximum Gasteiger partial charge on any atom is 0.343 e. The molecule has 1 aromatic rings. The van der Waals surface area contributed by atoms with Crippen LogP contribution in [0.4, 0.5) is 0 Å². The average molecular weight is 280 g/mol. The number of hydrogen-bond donors (Lipinski definition) is 0. The molecule has 0 bridgehead atoms. The lowest BCUT2D eigenvalue weighted by molar-refractivity contribution is -0.142. The number of rotatable bonds is 6. The van der Waals surface area contributed by atoms with Crippen LogP contribution < -0.4 is 4.74 Å². The van der Waals surface area contributed by atoms with Gasteiger partial charge in [0.15, 0.2) is 11.7 Å². The Morgan fingerprint density at radius 1 is 1.32 bits per heavy atom. The first-order valence-electron chi connectivity index (χ1n) is 5.72. The second-order valence-corrected chi connectivity index (χ2v) is 4.80. The molecule has 0 saturated carbocycles. The van der Waals surface area contributed by atoms with E-state index in [-0.39, 0.29) is 11.7 Å². The fourth-order valence-electron chi connectivity index (χ4n) is 1.29. The van der Waals surface area contributed by atoms with Crippen molar-refractivity contribution in [3.8, 4) is 5.75 Å². The van der Waals surface area contributed by atoms with E-state index in [2.05, 4.69) is 4.74 Å². The molecule has 0 unspecified atom stereocenters. The molecule has 1 rings (SSSR count). The van der Waals surface area contributed by atoms with Gasteiger partial charge in [-0.15, -0.1) is 0 Å². The molecule has 0 heterocycles. The molecule has 4 nitrogen and oxygen atoms in total. The first-order valence-corrected chi connectivity index (χ1v) is 6.70. The van der Waals surface area contributed by atoms with Gasteiger partial charge in [-0.05, 0) is 6.07 Å². The highest BCUT2D eigenvalue weighted by Crippen LogP contribution is 2.19. The summed E-state index contributed by atoms with van der Waals surface area (Å²) >= 11 is 1.24. The summed E-state index contributed by atoms with van der Waals surface area (Å²) in [5.74, 6) is 0.795. The van der Waals surface area contributed by atoms with E-state index in [1.807, 2.05) is 30.4 Å². The van der Waals surface area contributed by atoms with Crippen molar-refractivity contribution in [2.24, 2.45) is 0 Å². The molecule has 0 aliphatic heterocycles. The molecule has 102 valence electrons. The molecule has 0 atom stereocenters. The smallest absolute Gasteiger partial charge is 0.343 e. The zero-order valence-corrected chi connectivity index (χ0v) is 11.7. The highest BCUT2D eigenvalue weighted by atomic mass is 32.2. The van der Waals surface area contributed by atoms with E-state index >= 15 is 0 Å². The minimum atomic E-state index is -0.425. The van der Waals surface area contributed by atoms with Crippen LogP contribution in [0.2, 0.25) is 0 Å². The second kappa shape index (κ2) is 8.37. The van der Waals surface area contributed by atoms with Gasteiger partial charge < -0.3 is 9.47 Å². The van der Waals surface area contributed by atoms with Crippen LogP contribution in [-0.2, 0) is 14.3 Å². The molecule has 0 radical (unpaired) electrons. The summed E-state index contributed by atoms with van der Waals surface area (Å²) in [6.45, 7) is 1.41. The van der Waals surface area contributed by atoms with Crippen molar-refractivity contribution in [2.75, 3.05) is 19.5 Å². The molecule has 0 N–H and O–H groups in total.